The van der Waals surface area contributed by atoms with Gasteiger partial charge in [0, 0.05) is 6.54 Å². The van der Waals surface area contributed by atoms with Crippen molar-refractivity contribution in [3.63, 3.8) is 0 Å². The van der Waals surface area contributed by atoms with E-state index in [1.165, 1.54) is 0 Å². The average Bonchev–Trinajstić information content (AvgIpc) is 3.07. The zero-order valence-electron chi connectivity index (χ0n) is 13.9. The van der Waals surface area contributed by atoms with E-state index in [1.807, 2.05) is 51.1 Å². The fraction of sp³-hybridized carbons (Fsp3) is 0.500. The van der Waals surface area contributed by atoms with Crippen LogP contribution in [0.5, 0.6) is 0 Å². The normalized spacial score (nSPS) is 12.9. The Morgan fingerprint density at radius 2 is 1.96 bits per heavy atom. The van der Waals surface area contributed by atoms with Crippen LogP contribution in [0.3, 0.4) is 0 Å². The highest BCUT2D eigenvalue weighted by atomic mass is 16.2. The predicted molar refractivity (Wildman–Crippen MR) is 87.8 cm³/mol. The molecule has 1 atom stereocenters. The molecule has 0 saturated carbocycles. The van der Waals surface area contributed by atoms with E-state index in [2.05, 4.69) is 20.8 Å². The molecule has 7 nitrogen and oxygen atoms in total. The van der Waals surface area contributed by atoms with Crippen LogP contribution in [-0.2, 0) is 4.79 Å². The number of aromatic nitrogens is 4. The molecule has 1 heterocycles. The minimum Gasteiger partial charge on any atom is -0.346 e. The first-order valence-corrected chi connectivity index (χ1v) is 7.92. The van der Waals surface area contributed by atoms with E-state index in [-0.39, 0.29) is 11.9 Å². The smallest absolute Gasteiger partial charge is 0.228 e. The van der Waals surface area contributed by atoms with Gasteiger partial charge in [-0.2, -0.15) is 4.68 Å². The maximum Gasteiger partial charge on any atom is 0.228 e. The number of carbonyl (C=O) groups excluding carboxylic acids is 1. The molecule has 0 aliphatic rings. The molecule has 0 saturated heterocycles. The molecular formula is C16H24N6O. The Hall–Kier alpha value is -2.28. The maximum absolute atomic E-state index is 12.6. The molecule has 1 amide bonds. The molecule has 1 aromatic heterocycles. The second-order valence-corrected chi connectivity index (χ2v) is 5.67. The van der Waals surface area contributed by atoms with E-state index >= 15 is 0 Å². The summed E-state index contributed by atoms with van der Waals surface area (Å²) in [5.41, 5.74) is 6.15. The van der Waals surface area contributed by atoms with Crippen LogP contribution >= 0.6 is 0 Å². The maximum atomic E-state index is 12.6. The van der Waals surface area contributed by atoms with Gasteiger partial charge in [0.1, 0.15) is 0 Å². The number of amides is 1. The minimum atomic E-state index is -0.542. The van der Waals surface area contributed by atoms with Gasteiger partial charge in [0.15, 0.2) is 5.82 Å². The molecule has 2 rings (SSSR count). The molecule has 2 aromatic rings. The molecule has 0 aliphatic carbocycles. The number of rotatable bonds is 7. The second-order valence-electron chi connectivity index (χ2n) is 5.67. The Morgan fingerprint density at radius 3 is 2.52 bits per heavy atom. The highest BCUT2D eigenvalue weighted by molar-refractivity contribution is 5.83. The molecule has 0 spiro atoms. The summed E-state index contributed by atoms with van der Waals surface area (Å²) < 4.78 is 1.63. The summed E-state index contributed by atoms with van der Waals surface area (Å²) in [4.78, 5) is 12.6. The lowest BCUT2D eigenvalue weighted by molar-refractivity contribution is -0.131. The second kappa shape index (κ2) is 7.32. The van der Waals surface area contributed by atoms with Crippen LogP contribution in [-0.4, -0.2) is 32.7 Å². The van der Waals surface area contributed by atoms with Crippen LogP contribution in [0.2, 0.25) is 0 Å². The molecule has 124 valence electrons. The van der Waals surface area contributed by atoms with Crippen LogP contribution in [0.25, 0.3) is 5.69 Å². The average molecular weight is 316 g/mol. The third kappa shape index (κ3) is 3.39. The van der Waals surface area contributed by atoms with Gasteiger partial charge in [-0.05, 0) is 42.3 Å². The van der Waals surface area contributed by atoms with Crippen molar-refractivity contribution < 1.29 is 4.79 Å². The van der Waals surface area contributed by atoms with Crippen molar-refractivity contribution in [2.75, 3.05) is 6.54 Å². The largest absolute Gasteiger partial charge is 0.346 e. The molecule has 23 heavy (non-hydrogen) atoms. The Kier molecular flexibility index (Phi) is 5.44. The third-order valence-corrected chi connectivity index (χ3v) is 4.46. The number of tetrazole rings is 1. The lowest BCUT2D eigenvalue weighted by Gasteiger charge is -2.30. The summed E-state index contributed by atoms with van der Waals surface area (Å²) in [6.45, 7) is 6.15. The molecule has 0 fully saturated rings. The number of nitrogens with one attached hydrogen (secondary N) is 1. The number of benzene rings is 1. The van der Waals surface area contributed by atoms with Gasteiger partial charge in [0.25, 0.3) is 0 Å². The van der Waals surface area contributed by atoms with Crippen LogP contribution in [0.4, 0.5) is 0 Å². The fourth-order valence-electron chi connectivity index (χ4n) is 2.58. The van der Waals surface area contributed by atoms with Crippen molar-refractivity contribution >= 4 is 5.91 Å². The van der Waals surface area contributed by atoms with Crippen LogP contribution < -0.4 is 11.1 Å². The van der Waals surface area contributed by atoms with E-state index in [9.17, 15) is 4.79 Å². The highest BCUT2D eigenvalue weighted by Crippen LogP contribution is 2.26. The Morgan fingerprint density at radius 1 is 1.30 bits per heavy atom. The van der Waals surface area contributed by atoms with Gasteiger partial charge in [0.05, 0.1) is 17.1 Å². The first-order chi connectivity index (χ1) is 11.1. The van der Waals surface area contributed by atoms with Gasteiger partial charge in [0.2, 0.25) is 5.91 Å². The van der Waals surface area contributed by atoms with Crippen molar-refractivity contribution in [2.24, 2.45) is 11.1 Å². The van der Waals surface area contributed by atoms with Crippen molar-refractivity contribution in [1.82, 2.24) is 25.5 Å². The standard InChI is InChI=1S/C16H24N6O/c1-4-16(5-2,11-17)15(23)18-12(3)14-19-20-21-22(14)13-9-7-6-8-10-13/h6-10,12H,4-5,11,17H2,1-3H3,(H,18,23). The zero-order chi connectivity index (χ0) is 16.9. The minimum absolute atomic E-state index is 0.0555. The quantitative estimate of drug-likeness (QED) is 0.808. The number of hydrogen-bond acceptors (Lipinski definition) is 5. The van der Waals surface area contributed by atoms with Crippen LogP contribution in [0, 0.1) is 5.41 Å². The van der Waals surface area contributed by atoms with Gasteiger partial charge >= 0.3 is 0 Å². The monoisotopic (exact) mass is 316 g/mol. The molecule has 0 bridgehead atoms. The number of carbonyl (C=O) groups is 1. The van der Waals surface area contributed by atoms with Crippen molar-refractivity contribution in [2.45, 2.75) is 39.7 Å². The molecular weight excluding hydrogens is 292 g/mol. The molecule has 1 unspecified atom stereocenters. The van der Waals surface area contributed by atoms with E-state index < -0.39 is 5.41 Å². The van der Waals surface area contributed by atoms with Crippen molar-refractivity contribution in [3.05, 3.63) is 36.2 Å². The number of nitrogens with zero attached hydrogens (tertiary/aromatic N) is 4. The lowest BCUT2D eigenvalue weighted by atomic mass is 9.81. The van der Waals surface area contributed by atoms with Gasteiger partial charge in [-0.1, -0.05) is 32.0 Å². The first-order valence-electron chi connectivity index (χ1n) is 7.92. The van der Waals surface area contributed by atoms with E-state index in [0.29, 0.717) is 25.2 Å². The number of para-hydroxylation sites is 1. The molecule has 3 N–H and O–H groups in total. The predicted octanol–water partition coefficient (Wildman–Crippen LogP) is 1.60. The van der Waals surface area contributed by atoms with Crippen molar-refractivity contribution in [3.8, 4) is 5.69 Å². The number of nitrogens with two attached hydrogens (primary N) is 1. The Balaban J connectivity index is 2.21. The van der Waals surface area contributed by atoms with Gasteiger partial charge < -0.3 is 11.1 Å². The van der Waals surface area contributed by atoms with E-state index in [0.717, 1.165) is 5.69 Å². The van der Waals surface area contributed by atoms with Gasteiger partial charge in [-0.25, -0.2) is 0 Å². The zero-order valence-corrected chi connectivity index (χ0v) is 13.9. The summed E-state index contributed by atoms with van der Waals surface area (Å²) in [5.74, 6) is 0.530. The molecule has 7 heteroatoms. The van der Waals surface area contributed by atoms with E-state index in [1.54, 1.807) is 4.68 Å². The SMILES string of the molecule is CCC(CC)(CN)C(=O)NC(C)c1nnnn1-c1ccccc1. The summed E-state index contributed by atoms with van der Waals surface area (Å²) in [5, 5.41) is 14.8. The van der Waals surface area contributed by atoms with Gasteiger partial charge in [-0.3, -0.25) is 4.79 Å². The highest BCUT2D eigenvalue weighted by Gasteiger charge is 2.34. The first kappa shape index (κ1) is 17.1. The van der Waals surface area contributed by atoms with Crippen molar-refractivity contribution in [1.29, 1.82) is 0 Å². The third-order valence-electron chi connectivity index (χ3n) is 4.46. The molecule has 0 aliphatic heterocycles. The van der Waals surface area contributed by atoms with Gasteiger partial charge in [-0.15, -0.1) is 5.10 Å². The Labute approximate surface area is 136 Å². The lowest BCUT2D eigenvalue weighted by Crippen LogP contribution is -2.46. The fourth-order valence-corrected chi connectivity index (χ4v) is 2.58. The topological polar surface area (TPSA) is 98.7 Å². The number of hydrogen-bond donors (Lipinski definition) is 2. The Bertz CT molecular complexity index is 627. The summed E-state index contributed by atoms with van der Waals surface area (Å²) in [7, 11) is 0. The molecule has 1 aromatic carbocycles. The summed E-state index contributed by atoms with van der Waals surface area (Å²) >= 11 is 0. The molecule has 0 radical (unpaired) electrons. The summed E-state index contributed by atoms with van der Waals surface area (Å²) in [6.07, 6.45) is 1.39. The summed E-state index contributed by atoms with van der Waals surface area (Å²) in [6, 6.07) is 9.26. The van der Waals surface area contributed by atoms with Crippen LogP contribution in [0.1, 0.15) is 45.5 Å². The van der Waals surface area contributed by atoms with E-state index in [4.69, 9.17) is 5.73 Å². The van der Waals surface area contributed by atoms with Crippen LogP contribution in [0.15, 0.2) is 30.3 Å².